The van der Waals surface area contributed by atoms with Gasteiger partial charge in [0.1, 0.15) is 0 Å². The van der Waals surface area contributed by atoms with Gasteiger partial charge in [0, 0.05) is 25.2 Å². The molecule has 0 aliphatic carbocycles. The Bertz CT molecular complexity index is 468. The number of halogens is 1. The van der Waals surface area contributed by atoms with E-state index in [0.29, 0.717) is 5.02 Å². The first kappa shape index (κ1) is 19.8. The normalized spacial score (nSPS) is 10.7. The van der Waals surface area contributed by atoms with Gasteiger partial charge >= 0.3 is 0 Å². The topological polar surface area (TPSA) is 46.4 Å². The van der Waals surface area contributed by atoms with Gasteiger partial charge in [-0.2, -0.15) is 0 Å². The fourth-order valence-electron chi connectivity index (χ4n) is 2.68. The number of hydrogen-bond donors (Lipinski definition) is 0. The second-order valence-electron chi connectivity index (χ2n) is 6.00. The molecule has 0 radical (unpaired) electrons. The minimum Gasteiger partial charge on any atom is -0.370 e. The monoisotopic (exact) mass is 340 g/mol. The molecule has 0 aliphatic heterocycles. The van der Waals surface area contributed by atoms with Crippen LogP contribution in [-0.4, -0.2) is 18.0 Å². The highest BCUT2D eigenvalue weighted by molar-refractivity contribution is 6.33. The Balaban J connectivity index is 2.74. The van der Waals surface area contributed by atoms with Gasteiger partial charge in [-0.3, -0.25) is 10.1 Å². The zero-order valence-corrected chi connectivity index (χ0v) is 15.1. The van der Waals surface area contributed by atoms with Gasteiger partial charge < -0.3 is 4.90 Å². The van der Waals surface area contributed by atoms with Gasteiger partial charge in [0.15, 0.2) is 0 Å². The van der Waals surface area contributed by atoms with E-state index in [2.05, 4.69) is 18.7 Å². The van der Waals surface area contributed by atoms with Gasteiger partial charge in [0.25, 0.3) is 5.69 Å². The van der Waals surface area contributed by atoms with Crippen molar-refractivity contribution in [3.8, 4) is 0 Å². The van der Waals surface area contributed by atoms with Gasteiger partial charge in [-0.1, -0.05) is 64.0 Å². The van der Waals surface area contributed by atoms with Crippen molar-refractivity contribution >= 4 is 23.0 Å². The summed E-state index contributed by atoms with van der Waals surface area (Å²) >= 11 is 6.30. The van der Waals surface area contributed by atoms with Crippen LogP contribution in [0.5, 0.6) is 0 Å². The summed E-state index contributed by atoms with van der Waals surface area (Å²) in [5, 5.41) is 11.3. The first-order valence-electron chi connectivity index (χ1n) is 8.79. The lowest BCUT2D eigenvalue weighted by Crippen LogP contribution is -2.26. The number of nitro groups is 1. The Hall–Kier alpha value is -1.29. The molecular weight excluding hydrogens is 312 g/mol. The average molecular weight is 341 g/mol. The van der Waals surface area contributed by atoms with E-state index < -0.39 is 4.92 Å². The number of nitrogens with zero attached hydrogens (tertiary/aromatic N) is 2. The molecule has 0 spiro atoms. The van der Waals surface area contributed by atoms with Crippen LogP contribution in [0, 0.1) is 10.1 Å². The third-order valence-electron chi connectivity index (χ3n) is 4.05. The number of hydrogen-bond acceptors (Lipinski definition) is 3. The lowest BCUT2D eigenvalue weighted by Gasteiger charge is -2.26. The molecular formula is C18H29ClN2O2. The molecule has 130 valence electrons. The molecule has 0 saturated carbocycles. The summed E-state index contributed by atoms with van der Waals surface area (Å²) in [5.74, 6) is 0. The summed E-state index contributed by atoms with van der Waals surface area (Å²) in [6.07, 6.45) is 9.63. The summed E-state index contributed by atoms with van der Waals surface area (Å²) in [6, 6.07) is 4.80. The van der Waals surface area contributed by atoms with Gasteiger partial charge in [0.05, 0.1) is 15.6 Å². The summed E-state index contributed by atoms with van der Waals surface area (Å²) in [6.45, 7) is 6.33. The molecule has 0 aromatic heterocycles. The summed E-state index contributed by atoms with van der Waals surface area (Å²) in [4.78, 5) is 12.7. The molecule has 0 saturated heterocycles. The minimum atomic E-state index is -0.400. The van der Waals surface area contributed by atoms with Crippen molar-refractivity contribution in [1.82, 2.24) is 0 Å². The highest BCUT2D eigenvalue weighted by atomic mass is 35.5. The molecule has 5 heteroatoms. The maximum absolute atomic E-state index is 10.9. The van der Waals surface area contributed by atoms with Crippen molar-refractivity contribution in [2.75, 3.05) is 18.0 Å². The fourth-order valence-corrected chi connectivity index (χ4v) is 2.97. The van der Waals surface area contributed by atoms with Crippen molar-refractivity contribution in [3.63, 3.8) is 0 Å². The van der Waals surface area contributed by atoms with E-state index >= 15 is 0 Å². The van der Waals surface area contributed by atoms with Crippen LogP contribution in [-0.2, 0) is 0 Å². The first-order valence-corrected chi connectivity index (χ1v) is 9.16. The number of unbranched alkanes of at least 4 members (excludes halogenated alkanes) is 6. The van der Waals surface area contributed by atoms with E-state index in [-0.39, 0.29) is 5.69 Å². The molecule has 1 rings (SSSR count). The predicted molar refractivity (Wildman–Crippen MR) is 98.6 cm³/mol. The van der Waals surface area contributed by atoms with Crippen LogP contribution in [0.3, 0.4) is 0 Å². The summed E-state index contributed by atoms with van der Waals surface area (Å²) in [5.41, 5.74) is 0.973. The number of nitro benzene ring substituents is 1. The van der Waals surface area contributed by atoms with E-state index in [1.54, 1.807) is 12.1 Å². The second kappa shape index (κ2) is 11.3. The SMILES string of the molecule is CCCCCCN(CCCCCC)c1ccc([N+](=O)[O-])cc1Cl. The Kier molecular flexibility index (Phi) is 9.69. The third-order valence-corrected chi connectivity index (χ3v) is 4.35. The average Bonchev–Trinajstić information content (AvgIpc) is 2.53. The standard InChI is InChI=1S/C18H29ClN2O2/c1-3-5-7-9-13-20(14-10-8-6-4-2)18-12-11-16(21(22)23)15-17(18)19/h11-12,15H,3-10,13-14H2,1-2H3. The van der Waals surface area contributed by atoms with Crippen LogP contribution in [0.1, 0.15) is 65.2 Å². The summed E-state index contributed by atoms with van der Waals surface area (Å²) < 4.78 is 0. The van der Waals surface area contributed by atoms with Gasteiger partial charge in [-0.25, -0.2) is 0 Å². The molecule has 0 bridgehead atoms. The molecule has 0 N–H and O–H groups in total. The lowest BCUT2D eigenvalue weighted by atomic mass is 10.1. The Labute approximate surface area is 145 Å². The van der Waals surface area contributed by atoms with Crippen LogP contribution >= 0.6 is 11.6 Å². The van der Waals surface area contributed by atoms with Crippen molar-refractivity contribution in [1.29, 1.82) is 0 Å². The molecule has 0 aliphatic rings. The molecule has 0 fully saturated rings. The number of benzene rings is 1. The molecule has 0 heterocycles. The van der Waals surface area contributed by atoms with E-state index in [1.807, 2.05) is 0 Å². The van der Waals surface area contributed by atoms with E-state index in [4.69, 9.17) is 11.6 Å². The zero-order valence-electron chi connectivity index (χ0n) is 14.4. The first-order chi connectivity index (χ1) is 11.1. The van der Waals surface area contributed by atoms with Crippen LogP contribution in [0.25, 0.3) is 0 Å². The van der Waals surface area contributed by atoms with Gasteiger partial charge in [-0.15, -0.1) is 0 Å². The van der Waals surface area contributed by atoms with Crippen LogP contribution in [0.4, 0.5) is 11.4 Å². The molecule has 23 heavy (non-hydrogen) atoms. The number of non-ortho nitro benzene ring substituents is 1. The molecule has 1 aromatic rings. The van der Waals surface area contributed by atoms with Gasteiger partial charge in [-0.05, 0) is 18.9 Å². The maximum Gasteiger partial charge on any atom is 0.271 e. The number of anilines is 1. The lowest BCUT2D eigenvalue weighted by molar-refractivity contribution is -0.384. The molecule has 0 amide bonds. The highest BCUT2D eigenvalue weighted by Gasteiger charge is 2.14. The van der Waals surface area contributed by atoms with Crippen molar-refractivity contribution in [2.45, 2.75) is 65.2 Å². The second-order valence-corrected chi connectivity index (χ2v) is 6.41. The minimum absolute atomic E-state index is 0.0515. The van der Waals surface area contributed by atoms with E-state index in [9.17, 15) is 10.1 Å². The Morgan fingerprint density at radius 2 is 1.57 bits per heavy atom. The van der Waals surface area contributed by atoms with Crippen molar-refractivity contribution in [3.05, 3.63) is 33.3 Å². The zero-order chi connectivity index (χ0) is 17.1. The van der Waals surface area contributed by atoms with E-state index in [0.717, 1.165) is 31.6 Å². The van der Waals surface area contributed by atoms with Crippen molar-refractivity contribution in [2.24, 2.45) is 0 Å². The quantitative estimate of drug-likeness (QED) is 0.258. The maximum atomic E-state index is 10.9. The Morgan fingerprint density at radius 1 is 1.00 bits per heavy atom. The van der Waals surface area contributed by atoms with Gasteiger partial charge in [0.2, 0.25) is 0 Å². The highest BCUT2D eigenvalue weighted by Crippen LogP contribution is 2.30. The summed E-state index contributed by atoms with van der Waals surface area (Å²) in [7, 11) is 0. The van der Waals surface area contributed by atoms with Crippen LogP contribution in [0.2, 0.25) is 5.02 Å². The molecule has 0 unspecified atom stereocenters. The van der Waals surface area contributed by atoms with Crippen molar-refractivity contribution < 1.29 is 4.92 Å². The third kappa shape index (κ3) is 7.21. The molecule has 0 atom stereocenters. The largest absolute Gasteiger partial charge is 0.370 e. The fraction of sp³-hybridized carbons (Fsp3) is 0.667. The predicted octanol–water partition coefficient (Wildman–Crippen LogP) is 6.22. The Morgan fingerprint density at radius 3 is 2.00 bits per heavy atom. The molecule has 1 aromatic carbocycles. The molecule has 4 nitrogen and oxygen atoms in total. The van der Waals surface area contributed by atoms with Crippen LogP contribution in [0.15, 0.2) is 18.2 Å². The smallest absolute Gasteiger partial charge is 0.271 e. The van der Waals surface area contributed by atoms with Crippen LogP contribution < -0.4 is 4.90 Å². The number of rotatable bonds is 12. The van der Waals surface area contributed by atoms with E-state index in [1.165, 1.54) is 44.6 Å².